The first-order valence-electron chi connectivity index (χ1n) is 8.84. The number of anilines is 1. The summed E-state index contributed by atoms with van der Waals surface area (Å²) in [5, 5.41) is 4.00. The number of hydrogen-bond acceptors (Lipinski definition) is 6. The molecule has 1 unspecified atom stereocenters. The van der Waals surface area contributed by atoms with Crippen LogP contribution in [0, 0.1) is 5.92 Å². The highest BCUT2D eigenvalue weighted by molar-refractivity contribution is 7.07. The van der Waals surface area contributed by atoms with Crippen molar-refractivity contribution >= 4 is 28.8 Å². The molecule has 150 valence electrons. The van der Waals surface area contributed by atoms with Crippen molar-refractivity contribution in [3.8, 4) is 17.2 Å². The maximum atomic E-state index is 12.8. The Morgan fingerprint density at radius 3 is 2.43 bits per heavy atom. The fourth-order valence-corrected chi connectivity index (χ4v) is 4.05. The molecule has 0 bridgehead atoms. The molecule has 0 aliphatic carbocycles. The zero-order chi connectivity index (χ0) is 20.3. The van der Waals surface area contributed by atoms with Crippen LogP contribution in [0.1, 0.15) is 12.0 Å². The van der Waals surface area contributed by atoms with Crippen LogP contribution in [0.15, 0.2) is 29.0 Å². The van der Waals surface area contributed by atoms with Gasteiger partial charge in [-0.05, 0) is 22.4 Å². The van der Waals surface area contributed by atoms with E-state index in [0.717, 1.165) is 5.56 Å². The van der Waals surface area contributed by atoms with E-state index in [9.17, 15) is 9.59 Å². The van der Waals surface area contributed by atoms with Gasteiger partial charge in [0.15, 0.2) is 11.5 Å². The van der Waals surface area contributed by atoms with Gasteiger partial charge in [-0.2, -0.15) is 11.3 Å². The van der Waals surface area contributed by atoms with Crippen LogP contribution in [-0.4, -0.2) is 51.6 Å². The lowest BCUT2D eigenvalue weighted by Gasteiger charge is -2.22. The van der Waals surface area contributed by atoms with Crippen molar-refractivity contribution in [3.05, 3.63) is 34.5 Å². The number of hydrogen-bond donors (Lipinski definition) is 0. The van der Waals surface area contributed by atoms with Crippen LogP contribution in [0.5, 0.6) is 17.2 Å². The molecule has 2 heterocycles. The van der Waals surface area contributed by atoms with Gasteiger partial charge in [0, 0.05) is 38.7 Å². The second-order valence-corrected chi connectivity index (χ2v) is 7.39. The first-order chi connectivity index (χ1) is 13.5. The Labute approximate surface area is 168 Å². The Hall–Kier alpha value is -2.74. The van der Waals surface area contributed by atoms with Gasteiger partial charge in [-0.1, -0.05) is 0 Å². The second kappa shape index (κ2) is 8.52. The van der Waals surface area contributed by atoms with Gasteiger partial charge in [0.1, 0.15) is 0 Å². The number of methoxy groups -OCH3 is 3. The molecule has 0 saturated carbocycles. The molecule has 1 aromatic carbocycles. The van der Waals surface area contributed by atoms with Crippen LogP contribution in [0.4, 0.5) is 5.69 Å². The maximum absolute atomic E-state index is 12.8. The summed E-state index contributed by atoms with van der Waals surface area (Å²) in [6.07, 6.45) is 0.184. The average Bonchev–Trinajstić information content (AvgIpc) is 3.35. The smallest absolute Gasteiger partial charge is 0.228 e. The summed E-state index contributed by atoms with van der Waals surface area (Å²) >= 11 is 1.60. The molecule has 1 aromatic heterocycles. The van der Waals surface area contributed by atoms with Gasteiger partial charge in [0.2, 0.25) is 17.6 Å². The second-order valence-electron chi connectivity index (χ2n) is 6.61. The first kappa shape index (κ1) is 20.0. The van der Waals surface area contributed by atoms with Crippen LogP contribution >= 0.6 is 11.3 Å². The lowest BCUT2D eigenvalue weighted by atomic mass is 10.1. The van der Waals surface area contributed by atoms with Gasteiger partial charge >= 0.3 is 0 Å². The Morgan fingerprint density at radius 2 is 1.89 bits per heavy atom. The van der Waals surface area contributed by atoms with E-state index in [-0.39, 0.29) is 24.2 Å². The number of carbonyl (C=O) groups is 2. The van der Waals surface area contributed by atoms with Crippen LogP contribution in [0.3, 0.4) is 0 Å². The van der Waals surface area contributed by atoms with E-state index < -0.39 is 0 Å². The summed E-state index contributed by atoms with van der Waals surface area (Å²) in [4.78, 5) is 28.7. The molecule has 1 fully saturated rings. The fraction of sp³-hybridized carbons (Fsp3) is 0.400. The minimum atomic E-state index is -0.379. The SMILES string of the molecule is COc1cc(N2CC(C(=O)N(C)Cc3ccsc3)CC2=O)cc(OC)c1OC. The average molecular weight is 404 g/mol. The third-order valence-corrected chi connectivity index (χ3v) is 5.54. The van der Waals surface area contributed by atoms with Gasteiger partial charge in [0.05, 0.1) is 32.9 Å². The van der Waals surface area contributed by atoms with Crippen LogP contribution in [0.25, 0.3) is 0 Å². The number of ether oxygens (including phenoxy) is 3. The standard InChI is InChI=1S/C20H24N2O5S/c1-21(10-13-5-6-28-12-13)20(24)14-7-18(23)22(11-14)15-8-16(25-2)19(27-4)17(9-15)26-3/h5-6,8-9,12,14H,7,10-11H2,1-4H3. The molecule has 0 radical (unpaired) electrons. The van der Waals surface area contributed by atoms with E-state index in [2.05, 4.69) is 0 Å². The monoisotopic (exact) mass is 404 g/mol. The minimum absolute atomic E-state index is 0.0329. The topological polar surface area (TPSA) is 68.3 Å². The van der Waals surface area contributed by atoms with Gasteiger partial charge in [-0.25, -0.2) is 0 Å². The number of carbonyl (C=O) groups excluding carboxylic acids is 2. The van der Waals surface area contributed by atoms with E-state index in [1.54, 1.807) is 40.3 Å². The van der Waals surface area contributed by atoms with E-state index in [0.29, 0.717) is 36.0 Å². The molecule has 1 saturated heterocycles. The van der Waals surface area contributed by atoms with Gasteiger partial charge < -0.3 is 24.0 Å². The van der Waals surface area contributed by atoms with Crippen molar-refractivity contribution < 1.29 is 23.8 Å². The zero-order valence-corrected chi connectivity index (χ0v) is 17.2. The summed E-state index contributed by atoms with van der Waals surface area (Å²) in [7, 11) is 6.35. The number of rotatable bonds is 7. The molecule has 7 nitrogen and oxygen atoms in total. The largest absolute Gasteiger partial charge is 0.493 e. The number of nitrogens with zero attached hydrogens (tertiary/aromatic N) is 2. The summed E-state index contributed by atoms with van der Waals surface area (Å²) in [6.45, 7) is 0.863. The molecule has 2 aromatic rings. The molecule has 0 N–H and O–H groups in total. The lowest BCUT2D eigenvalue weighted by molar-refractivity contribution is -0.135. The van der Waals surface area contributed by atoms with E-state index in [4.69, 9.17) is 14.2 Å². The minimum Gasteiger partial charge on any atom is -0.493 e. The number of thiophene rings is 1. The molecule has 1 aliphatic rings. The van der Waals surface area contributed by atoms with E-state index >= 15 is 0 Å². The predicted octanol–water partition coefficient (Wildman–Crippen LogP) is 2.79. The predicted molar refractivity (Wildman–Crippen MR) is 107 cm³/mol. The maximum Gasteiger partial charge on any atom is 0.228 e. The molecule has 8 heteroatoms. The molecule has 1 aliphatic heterocycles. The van der Waals surface area contributed by atoms with Gasteiger partial charge in [0.25, 0.3) is 0 Å². The van der Waals surface area contributed by atoms with Crippen molar-refractivity contribution in [2.24, 2.45) is 5.92 Å². The van der Waals surface area contributed by atoms with Crippen molar-refractivity contribution in [3.63, 3.8) is 0 Å². The van der Waals surface area contributed by atoms with E-state index in [1.807, 2.05) is 16.8 Å². The van der Waals surface area contributed by atoms with Gasteiger partial charge in [-0.3, -0.25) is 9.59 Å². The molecular formula is C20H24N2O5S. The highest BCUT2D eigenvalue weighted by Gasteiger charge is 2.37. The summed E-state index contributed by atoms with van der Waals surface area (Å²) in [5.74, 6) is 0.882. The zero-order valence-electron chi connectivity index (χ0n) is 16.4. The third-order valence-electron chi connectivity index (χ3n) is 4.81. The van der Waals surface area contributed by atoms with Crippen LogP contribution in [-0.2, 0) is 16.1 Å². The highest BCUT2D eigenvalue weighted by Crippen LogP contribution is 2.42. The highest BCUT2D eigenvalue weighted by atomic mass is 32.1. The quantitative estimate of drug-likeness (QED) is 0.710. The summed E-state index contributed by atoms with van der Waals surface area (Å²) in [6, 6.07) is 5.44. The molecule has 2 amide bonds. The van der Waals surface area contributed by atoms with Gasteiger partial charge in [-0.15, -0.1) is 0 Å². The molecule has 28 heavy (non-hydrogen) atoms. The third kappa shape index (κ3) is 3.91. The van der Waals surface area contributed by atoms with Crippen LogP contribution in [0.2, 0.25) is 0 Å². The molecular weight excluding hydrogens is 380 g/mol. The van der Waals surface area contributed by atoms with Crippen molar-refractivity contribution in [2.75, 3.05) is 39.8 Å². The molecule has 1 atom stereocenters. The number of benzene rings is 1. The van der Waals surface area contributed by atoms with Crippen molar-refractivity contribution in [1.29, 1.82) is 0 Å². The summed E-state index contributed by atoms with van der Waals surface area (Å²) < 4.78 is 16.1. The Kier molecular flexibility index (Phi) is 6.08. The molecule has 3 rings (SSSR count). The Morgan fingerprint density at radius 1 is 1.21 bits per heavy atom. The fourth-order valence-electron chi connectivity index (χ4n) is 3.39. The first-order valence-corrected chi connectivity index (χ1v) is 9.79. The van der Waals surface area contributed by atoms with Crippen LogP contribution < -0.4 is 19.1 Å². The Balaban J connectivity index is 1.78. The molecule has 0 spiro atoms. The normalized spacial score (nSPS) is 16.2. The van der Waals surface area contributed by atoms with Crippen molar-refractivity contribution in [1.82, 2.24) is 4.90 Å². The number of amides is 2. The lowest BCUT2D eigenvalue weighted by Crippen LogP contribution is -2.34. The van der Waals surface area contributed by atoms with E-state index in [1.165, 1.54) is 21.3 Å². The van der Waals surface area contributed by atoms with Crippen molar-refractivity contribution in [2.45, 2.75) is 13.0 Å². The Bertz CT molecular complexity index is 827. The summed E-state index contributed by atoms with van der Waals surface area (Å²) in [5.41, 5.74) is 1.71.